The van der Waals surface area contributed by atoms with E-state index in [1.54, 1.807) is 18.2 Å². The van der Waals surface area contributed by atoms with Gasteiger partial charge in [-0.05, 0) is 30.5 Å². The molecule has 1 aromatic rings. The molecular weight excluding hydrogens is 207 g/mol. The van der Waals surface area contributed by atoms with E-state index >= 15 is 0 Å². The molecule has 0 aliphatic heterocycles. The van der Waals surface area contributed by atoms with Crippen molar-refractivity contribution in [1.82, 2.24) is 0 Å². The molecule has 0 unspecified atom stereocenters. The predicted molar refractivity (Wildman–Crippen MR) is 59.1 cm³/mol. The molecule has 0 spiro atoms. The SMILES string of the molecule is Nc1cc(C2(N=C=O)CCCC2)ccc1F. The summed E-state index contributed by atoms with van der Waals surface area (Å²) < 4.78 is 13.1. The molecule has 0 aromatic heterocycles. The molecule has 0 bridgehead atoms. The first-order valence-corrected chi connectivity index (χ1v) is 5.32. The highest BCUT2D eigenvalue weighted by molar-refractivity contribution is 5.47. The van der Waals surface area contributed by atoms with E-state index in [4.69, 9.17) is 5.73 Å². The second-order valence-corrected chi connectivity index (χ2v) is 4.18. The van der Waals surface area contributed by atoms with Gasteiger partial charge in [0, 0.05) is 0 Å². The first-order valence-electron chi connectivity index (χ1n) is 5.32. The van der Waals surface area contributed by atoms with Gasteiger partial charge < -0.3 is 5.73 Å². The number of hydrogen-bond acceptors (Lipinski definition) is 3. The van der Waals surface area contributed by atoms with Crippen molar-refractivity contribution in [2.75, 3.05) is 5.73 Å². The van der Waals surface area contributed by atoms with Gasteiger partial charge in [0.25, 0.3) is 0 Å². The summed E-state index contributed by atoms with van der Waals surface area (Å²) >= 11 is 0. The number of anilines is 1. The molecule has 1 aliphatic carbocycles. The maximum atomic E-state index is 13.1. The van der Waals surface area contributed by atoms with Crippen LogP contribution in [-0.2, 0) is 10.3 Å². The van der Waals surface area contributed by atoms with Crippen molar-refractivity contribution < 1.29 is 9.18 Å². The smallest absolute Gasteiger partial charge is 0.235 e. The van der Waals surface area contributed by atoms with E-state index in [9.17, 15) is 9.18 Å². The third-order valence-corrected chi connectivity index (χ3v) is 3.22. The van der Waals surface area contributed by atoms with Crippen LogP contribution in [0.15, 0.2) is 23.2 Å². The number of nitrogen functional groups attached to an aromatic ring is 1. The van der Waals surface area contributed by atoms with E-state index in [0.29, 0.717) is 0 Å². The quantitative estimate of drug-likeness (QED) is 0.473. The molecule has 84 valence electrons. The zero-order valence-corrected chi connectivity index (χ0v) is 8.87. The van der Waals surface area contributed by atoms with Crippen molar-refractivity contribution in [1.29, 1.82) is 0 Å². The van der Waals surface area contributed by atoms with Gasteiger partial charge in [-0.25, -0.2) is 9.18 Å². The minimum absolute atomic E-state index is 0.102. The summed E-state index contributed by atoms with van der Waals surface area (Å²) in [5, 5.41) is 0. The number of aliphatic imine (C=N–C) groups is 1. The van der Waals surface area contributed by atoms with Crippen LogP contribution in [0.25, 0.3) is 0 Å². The highest BCUT2D eigenvalue weighted by Crippen LogP contribution is 2.42. The largest absolute Gasteiger partial charge is 0.396 e. The standard InChI is InChI=1S/C12H13FN2O/c13-10-4-3-9(7-11(10)14)12(15-8-16)5-1-2-6-12/h3-4,7H,1-2,5-6,14H2. The number of hydrogen-bond donors (Lipinski definition) is 1. The summed E-state index contributed by atoms with van der Waals surface area (Å²) in [5.41, 5.74) is 5.92. The van der Waals surface area contributed by atoms with Gasteiger partial charge in [-0.15, -0.1) is 0 Å². The average Bonchev–Trinajstić information content (AvgIpc) is 2.72. The Labute approximate surface area is 93.2 Å². The molecular formula is C12H13FN2O. The van der Waals surface area contributed by atoms with Crippen molar-refractivity contribution in [3.8, 4) is 0 Å². The van der Waals surface area contributed by atoms with Crippen molar-refractivity contribution >= 4 is 11.8 Å². The maximum Gasteiger partial charge on any atom is 0.235 e. The molecule has 1 saturated carbocycles. The number of benzene rings is 1. The zero-order valence-electron chi connectivity index (χ0n) is 8.87. The fourth-order valence-corrected chi connectivity index (χ4v) is 2.35. The summed E-state index contributed by atoms with van der Waals surface area (Å²) in [6, 6.07) is 4.55. The van der Waals surface area contributed by atoms with Crippen molar-refractivity contribution in [3.05, 3.63) is 29.6 Å². The van der Waals surface area contributed by atoms with Crippen LogP contribution in [0.4, 0.5) is 10.1 Å². The first-order chi connectivity index (χ1) is 7.68. The van der Waals surface area contributed by atoms with Gasteiger partial charge in [0.2, 0.25) is 6.08 Å². The van der Waals surface area contributed by atoms with Gasteiger partial charge in [-0.1, -0.05) is 18.9 Å². The molecule has 0 radical (unpaired) electrons. The number of halogens is 1. The minimum atomic E-state index is -0.524. The van der Waals surface area contributed by atoms with E-state index in [-0.39, 0.29) is 5.69 Å². The Morgan fingerprint density at radius 2 is 2.06 bits per heavy atom. The van der Waals surface area contributed by atoms with Crippen LogP contribution in [0.1, 0.15) is 31.2 Å². The van der Waals surface area contributed by atoms with Crippen LogP contribution in [0.5, 0.6) is 0 Å². The van der Waals surface area contributed by atoms with Crippen LogP contribution < -0.4 is 5.73 Å². The van der Waals surface area contributed by atoms with Crippen LogP contribution in [-0.4, -0.2) is 6.08 Å². The van der Waals surface area contributed by atoms with E-state index in [0.717, 1.165) is 31.2 Å². The monoisotopic (exact) mass is 220 g/mol. The fraction of sp³-hybridized carbons (Fsp3) is 0.417. The molecule has 2 N–H and O–H groups in total. The zero-order chi connectivity index (χ0) is 11.6. The van der Waals surface area contributed by atoms with Gasteiger partial charge in [0.15, 0.2) is 0 Å². The molecule has 0 amide bonds. The van der Waals surface area contributed by atoms with E-state index in [1.807, 2.05) is 0 Å². The topological polar surface area (TPSA) is 55.4 Å². The average molecular weight is 220 g/mol. The van der Waals surface area contributed by atoms with Crippen LogP contribution in [0.2, 0.25) is 0 Å². The molecule has 0 atom stereocenters. The number of carbonyl (C=O) groups excluding carboxylic acids is 1. The Hall–Kier alpha value is -1.67. The highest BCUT2D eigenvalue weighted by atomic mass is 19.1. The summed E-state index contributed by atoms with van der Waals surface area (Å²) in [7, 11) is 0. The van der Waals surface area contributed by atoms with Gasteiger partial charge in [0.05, 0.1) is 11.2 Å². The van der Waals surface area contributed by atoms with Gasteiger partial charge in [-0.2, -0.15) is 4.99 Å². The van der Waals surface area contributed by atoms with Crippen molar-refractivity contribution in [3.63, 3.8) is 0 Å². The molecule has 0 heterocycles. The van der Waals surface area contributed by atoms with Gasteiger partial charge >= 0.3 is 0 Å². The predicted octanol–water partition coefficient (Wildman–Crippen LogP) is 2.51. The minimum Gasteiger partial charge on any atom is -0.396 e. The molecule has 2 rings (SSSR count). The number of nitrogens with zero attached hydrogens (tertiary/aromatic N) is 1. The molecule has 4 heteroatoms. The molecule has 0 saturated heterocycles. The van der Waals surface area contributed by atoms with Crippen LogP contribution in [0.3, 0.4) is 0 Å². The van der Waals surface area contributed by atoms with E-state index in [2.05, 4.69) is 4.99 Å². The van der Waals surface area contributed by atoms with E-state index < -0.39 is 11.4 Å². The molecule has 1 fully saturated rings. The fourth-order valence-electron chi connectivity index (χ4n) is 2.35. The molecule has 3 nitrogen and oxygen atoms in total. The Balaban J connectivity index is 2.47. The summed E-state index contributed by atoms with van der Waals surface area (Å²) in [4.78, 5) is 14.4. The van der Waals surface area contributed by atoms with Gasteiger partial charge in [-0.3, -0.25) is 0 Å². The maximum absolute atomic E-state index is 13.1. The number of rotatable bonds is 2. The lowest BCUT2D eigenvalue weighted by Gasteiger charge is -2.23. The van der Waals surface area contributed by atoms with Crippen LogP contribution in [0, 0.1) is 5.82 Å². The van der Waals surface area contributed by atoms with Crippen molar-refractivity contribution in [2.45, 2.75) is 31.2 Å². The highest BCUT2D eigenvalue weighted by Gasteiger charge is 2.35. The van der Waals surface area contributed by atoms with Crippen molar-refractivity contribution in [2.24, 2.45) is 4.99 Å². The second kappa shape index (κ2) is 4.06. The Kier molecular flexibility index (Phi) is 2.75. The number of nitrogens with two attached hydrogens (primary N) is 1. The Morgan fingerprint density at radius 1 is 1.38 bits per heavy atom. The lowest BCUT2D eigenvalue weighted by Crippen LogP contribution is -2.19. The number of isocyanates is 1. The summed E-state index contributed by atoms with van der Waals surface area (Å²) in [6.45, 7) is 0. The molecule has 16 heavy (non-hydrogen) atoms. The molecule has 1 aliphatic rings. The van der Waals surface area contributed by atoms with Crippen LogP contribution >= 0.6 is 0 Å². The molecule has 1 aromatic carbocycles. The Morgan fingerprint density at radius 3 is 2.62 bits per heavy atom. The lowest BCUT2D eigenvalue weighted by atomic mass is 9.88. The Bertz CT molecular complexity index is 446. The third-order valence-electron chi connectivity index (χ3n) is 3.22. The van der Waals surface area contributed by atoms with E-state index in [1.165, 1.54) is 6.07 Å². The lowest BCUT2D eigenvalue weighted by molar-refractivity contribution is 0.455. The normalized spacial score (nSPS) is 18.1. The first kappa shape index (κ1) is 10.8. The third kappa shape index (κ3) is 1.72. The van der Waals surface area contributed by atoms with Gasteiger partial charge in [0.1, 0.15) is 5.82 Å². The summed E-state index contributed by atoms with van der Waals surface area (Å²) in [6.07, 6.45) is 5.25. The summed E-state index contributed by atoms with van der Waals surface area (Å²) in [5.74, 6) is -0.438. The second-order valence-electron chi connectivity index (χ2n) is 4.18.